The van der Waals surface area contributed by atoms with Gasteiger partial charge in [-0.25, -0.2) is 0 Å². The summed E-state index contributed by atoms with van der Waals surface area (Å²) in [7, 11) is -4.16. The van der Waals surface area contributed by atoms with Gasteiger partial charge in [-0.15, -0.1) is 0 Å². The number of aliphatic hydroxyl groups is 1. The van der Waals surface area contributed by atoms with Gasteiger partial charge in [0.25, 0.3) is 10.1 Å². The molecule has 0 aromatic heterocycles. The smallest absolute Gasteiger partial charge is 0.265 e. The second-order valence-corrected chi connectivity index (χ2v) is 6.49. The van der Waals surface area contributed by atoms with Crippen LogP contribution in [0.25, 0.3) is 0 Å². The van der Waals surface area contributed by atoms with Crippen LogP contribution in [0.4, 0.5) is 0 Å². The van der Waals surface area contributed by atoms with E-state index in [2.05, 4.69) is 0 Å². The molecule has 0 aliphatic heterocycles. The monoisotopic (exact) mass is 306 g/mol. The van der Waals surface area contributed by atoms with E-state index < -0.39 is 21.8 Å². The quantitative estimate of drug-likeness (QED) is 0.803. The molecule has 0 aliphatic rings. The Labute approximate surface area is 124 Å². The molecule has 0 fully saturated rings. The van der Waals surface area contributed by atoms with Crippen molar-refractivity contribution >= 4 is 10.1 Å². The van der Waals surface area contributed by atoms with Gasteiger partial charge in [-0.05, 0) is 11.1 Å². The molecule has 1 unspecified atom stereocenters. The molecule has 0 aliphatic carbocycles. The molecule has 0 saturated carbocycles. The van der Waals surface area contributed by atoms with Crippen molar-refractivity contribution in [2.45, 2.75) is 5.92 Å². The lowest BCUT2D eigenvalue weighted by atomic mass is 9.82. The Hall–Kier alpha value is -1.69. The molecule has 4 nitrogen and oxygen atoms in total. The highest BCUT2D eigenvalue weighted by Gasteiger charge is 2.28. The van der Waals surface area contributed by atoms with Crippen LogP contribution in [0.15, 0.2) is 60.7 Å². The molecule has 0 radical (unpaired) electrons. The lowest BCUT2D eigenvalue weighted by molar-refractivity contribution is 0.224. The van der Waals surface area contributed by atoms with Crippen LogP contribution in [0.2, 0.25) is 0 Å². The van der Waals surface area contributed by atoms with Crippen molar-refractivity contribution in [1.82, 2.24) is 0 Å². The van der Waals surface area contributed by atoms with Crippen LogP contribution in [-0.2, 0) is 10.1 Å². The van der Waals surface area contributed by atoms with Crippen LogP contribution in [0.1, 0.15) is 17.0 Å². The predicted octanol–water partition coefficient (Wildman–Crippen LogP) is 2.31. The Balaban J connectivity index is 2.45. The SMILES string of the molecule is O=S(=O)(O)CC(CO)C(c1ccccc1)c1ccccc1. The van der Waals surface area contributed by atoms with E-state index in [1.165, 1.54) is 0 Å². The topological polar surface area (TPSA) is 74.6 Å². The van der Waals surface area contributed by atoms with Crippen LogP contribution in [0.5, 0.6) is 0 Å². The summed E-state index contributed by atoms with van der Waals surface area (Å²) in [5.41, 5.74) is 1.82. The van der Waals surface area contributed by atoms with Crippen LogP contribution >= 0.6 is 0 Å². The van der Waals surface area contributed by atoms with E-state index >= 15 is 0 Å². The summed E-state index contributed by atoms with van der Waals surface area (Å²) in [6.45, 7) is -0.325. The average molecular weight is 306 g/mol. The van der Waals surface area contributed by atoms with E-state index in [0.29, 0.717) is 0 Å². The number of benzene rings is 2. The standard InChI is InChI=1S/C16H18O4S/c17-11-15(12-21(18,19)20)16(13-7-3-1-4-8-13)14-9-5-2-6-10-14/h1-10,15-17H,11-12H2,(H,18,19,20). The second-order valence-electron chi connectivity index (χ2n) is 4.99. The van der Waals surface area contributed by atoms with Crippen LogP contribution in [0, 0.1) is 5.92 Å². The zero-order chi connectivity index (χ0) is 15.3. The van der Waals surface area contributed by atoms with Gasteiger partial charge in [0.1, 0.15) is 0 Å². The molecule has 2 aromatic rings. The van der Waals surface area contributed by atoms with Gasteiger partial charge in [-0.2, -0.15) is 8.42 Å². The number of hydrogen-bond donors (Lipinski definition) is 2. The molecule has 2 rings (SSSR count). The fourth-order valence-electron chi connectivity index (χ4n) is 2.58. The summed E-state index contributed by atoms with van der Waals surface area (Å²) in [4.78, 5) is 0. The minimum Gasteiger partial charge on any atom is -0.396 e. The van der Waals surface area contributed by atoms with Gasteiger partial charge in [-0.1, -0.05) is 60.7 Å². The van der Waals surface area contributed by atoms with Crippen LogP contribution in [0.3, 0.4) is 0 Å². The maximum atomic E-state index is 11.2. The minimum atomic E-state index is -4.16. The van der Waals surface area contributed by atoms with E-state index in [9.17, 15) is 13.5 Å². The average Bonchev–Trinajstić information content (AvgIpc) is 2.47. The summed E-state index contributed by atoms with van der Waals surface area (Å²) >= 11 is 0. The molecular formula is C16H18O4S. The Morgan fingerprint density at radius 3 is 1.62 bits per heavy atom. The van der Waals surface area contributed by atoms with Crippen molar-refractivity contribution in [2.24, 2.45) is 5.92 Å². The molecule has 0 bridgehead atoms. The first kappa shape index (κ1) is 15.7. The summed E-state index contributed by atoms with van der Waals surface area (Å²) in [5.74, 6) is -1.37. The molecule has 0 spiro atoms. The third kappa shape index (κ3) is 4.39. The fourth-order valence-corrected chi connectivity index (χ4v) is 3.42. The van der Waals surface area contributed by atoms with Gasteiger partial charge in [0, 0.05) is 18.4 Å². The van der Waals surface area contributed by atoms with Crippen LogP contribution < -0.4 is 0 Å². The van der Waals surface area contributed by atoms with Crippen molar-refractivity contribution in [1.29, 1.82) is 0 Å². The molecule has 1 atom stereocenters. The molecule has 112 valence electrons. The fraction of sp³-hybridized carbons (Fsp3) is 0.250. The van der Waals surface area contributed by atoms with Gasteiger partial charge < -0.3 is 5.11 Å². The molecule has 5 heteroatoms. The van der Waals surface area contributed by atoms with Crippen molar-refractivity contribution in [3.05, 3.63) is 71.8 Å². The van der Waals surface area contributed by atoms with Gasteiger partial charge in [0.2, 0.25) is 0 Å². The van der Waals surface area contributed by atoms with E-state index in [-0.39, 0.29) is 12.5 Å². The predicted molar refractivity (Wildman–Crippen MR) is 81.7 cm³/mol. The first-order chi connectivity index (χ1) is 10.0. The lowest BCUT2D eigenvalue weighted by Gasteiger charge is -2.25. The Morgan fingerprint density at radius 1 is 0.857 bits per heavy atom. The van der Waals surface area contributed by atoms with Crippen molar-refractivity contribution < 1.29 is 18.1 Å². The summed E-state index contributed by atoms with van der Waals surface area (Å²) in [6, 6.07) is 18.8. The Morgan fingerprint density at radius 2 is 1.29 bits per heavy atom. The van der Waals surface area contributed by atoms with Gasteiger partial charge in [-0.3, -0.25) is 4.55 Å². The van der Waals surface area contributed by atoms with Gasteiger partial charge in [0.05, 0.1) is 5.75 Å². The molecular weight excluding hydrogens is 288 g/mol. The zero-order valence-corrected chi connectivity index (χ0v) is 12.3. The Bertz CT molecular complexity index is 614. The first-order valence-electron chi connectivity index (χ1n) is 6.67. The largest absolute Gasteiger partial charge is 0.396 e. The normalized spacial score (nSPS) is 13.3. The third-order valence-electron chi connectivity index (χ3n) is 3.45. The van der Waals surface area contributed by atoms with Gasteiger partial charge >= 0.3 is 0 Å². The first-order valence-corrected chi connectivity index (χ1v) is 8.28. The van der Waals surface area contributed by atoms with E-state index in [1.54, 1.807) is 0 Å². The summed E-state index contributed by atoms with van der Waals surface area (Å²) < 4.78 is 31.5. The summed E-state index contributed by atoms with van der Waals surface area (Å²) in [6.07, 6.45) is 0. The third-order valence-corrected chi connectivity index (χ3v) is 4.30. The maximum Gasteiger partial charge on any atom is 0.265 e. The highest BCUT2D eigenvalue weighted by molar-refractivity contribution is 7.85. The van der Waals surface area contributed by atoms with Crippen molar-refractivity contribution in [3.8, 4) is 0 Å². The molecule has 0 amide bonds. The van der Waals surface area contributed by atoms with Crippen LogP contribution in [-0.4, -0.2) is 30.4 Å². The van der Waals surface area contributed by atoms with E-state index in [0.717, 1.165) is 11.1 Å². The van der Waals surface area contributed by atoms with E-state index in [1.807, 2.05) is 60.7 Å². The number of aliphatic hydroxyl groups excluding tert-OH is 1. The molecule has 2 N–H and O–H groups in total. The lowest BCUT2D eigenvalue weighted by Crippen LogP contribution is -2.26. The number of hydrogen-bond acceptors (Lipinski definition) is 3. The zero-order valence-electron chi connectivity index (χ0n) is 11.5. The molecule has 0 heterocycles. The maximum absolute atomic E-state index is 11.2. The highest BCUT2D eigenvalue weighted by atomic mass is 32.2. The van der Waals surface area contributed by atoms with Crippen molar-refractivity contribution in [3.63, 3.8) is 0 Å². The van der Waals surface area contributed by atoms with Crippen molar-refractivity contribution in [2.75, 3.05) is 12.4 Å². The van der Waals surface area contributed by atoms with E-state index in [4.69, 9.17) is 4.55 Å². The second kappa shape index (κ2) is 6.85. The molecule has 0 saturated heterocycles. The summed E-state index contributed by atoms with van der Waals surface area (Å²) in [5, 5.41) is 9.61. The van der Waals surface area contributed by atoms with Gasteiger partial charge in [0.15, 0.2) is 0 Å². The minimum absolute atomic E-state index is 0.292. The number of rotatable bonds is 6. The Kier molecular flexibility index (Phi) is 5.12. The highest BCUT2D eigenvalue weighted by Crippen LogP contribution is 2.32. The molecule has 21 heavy (non-hydrogen) atoms. The molecule has 2 aromatic carbocycles.